The molecule has 1 amide bonds. The van der Waals surface area contributed by atoms with Crippen molar-refractivity contribution in [2.45, 2.75) is 12.6 Å². The summed E-state index contributed by atoms with van der Waals surface area (Å²) in [5, 5.41) is 9.56. The first-order chi connectivity index (χ1) is 10.7. The van der Waals surface area contributed by atoms with Gasteiger partial charge in [0.1, 0.15) is 11.4 Å². The number of carbonyl (C=O) groups is 1. The van der Waals surface area contributed by atoms with Gasteiger partial charge in [0.25, 0.3) is 5.91 Å². The molecule has 0 saturated heterocycles. The van der Waals surface area contributed by atoms with Crippen molar-refractivity contribution in [2.24, 2.45) is 0 Å². The summed E-state index contributed by atoms with van der Waals surface area (Å²) in [5.41, 5.74) is 1.97. The second-order valence-corrected chi connectivity index (χ2v) is 5.77. The second-order valence-electron chi connectivity index (χ2n) is 4.86. The molecular weight excluding hydrogens is 346 g/mol. The molecule has 110 valence electrons. The van der Waals surface area contributed by atoms with Gasteiger partial charge in [-0.15, -0.1) is 0 Å². The van der Waals surface area contributed by atoms with Gasteiger partial charge in [-0.2, -0.15) is 5.26 Å². The highest BCUT2D eigenvalue weighted by Gasteiger charge is 2.35. The summed E-state index contributed by atoms with van der Waals surface area (Å²) in [6.45, 7) is 0.388. The lowest BCUT2D eigenvalue weighted by atomic mass is 10.1. The van der Waals surface area contributed by atoms with Gasteiger partial charge in [-0.25, -0.2) is 0 Å². The van der Waals surface area contributed by atoms with Crippen LogP contribution in [0, 0.1) is 11.3 Å². The van der Waals surface area contributed by atoms with Gasteiger partial charge in [0.15, 0.2) is 6.04 Å². The molecule has 6 heteroatoms. The Morgan fingerprint density at radius 2 is 2.27 bits per heavy atom. The van der Waals surface area contributed by atoms with Crippen LogP contribution in [0.1, 0.15) is 27.7 Å². The summed E-state index contributed by atoms with van der Waals surface area (Å²) < 4.78 is 6.10. The maximum Gasteiger partial charge on any atom is 0.255 e. The molecule has 0 N–H and O–H groups in total. The first-order valence-electron chi connectivity index (χ1n) is 6.63. The molecule has 22 heavy (non-hydrogen) atoms. The van der Waals surface area contributed by atoms with Crippen LogP contribution in [0.15, 0.2) is 41.0 Å². The maximum atomic E-state index is 12.6. The lowest BCUT2D eigenvalue weighted by Crippen LogP contribution is -2.29. The van der Waals surface area contributed by atoms with E-state index < -0.39 is 6.04 Å². The number of nitriles is 1. The van der Waals surface area contributed by atoms with Gasteiger partial charge in [0.05, 0.1) is 13.2 Å². The quantitative estimate of drug-likeness (QED) is 0.846. The Kier molecular flexibility index (Phi) is 3.82. The molecule has 0 aliphatic carbocycles. The van der Waals surface area contributed by atoms with Crippen molar-refractivity contribution in [3.05, 3.63) is 57.8 Å². The van der Waals surface area contributed by atoms with Crippen LogP contribution in [0.2, 0.25) is 0 Å². The Labute approximate surface area is 136 Å². The van der Waals surface area contributed by atoms with Crippen LogP contribution in [-0.4, -0.2) is 22.9 Å². The predicted octanol–water partition coefficient (Wildman–Crippen LogP) is 3.07. The molecule has 3 rings (SSSR count). The monoisotopic (exact) mass is 357 g/mol. The maximum absolute atomic E-state index is 12.6. The van der Waals surface area contributed by atoms with E-state index in [9.17, 15) is 10.1 Å². The Bertz CT molecular complexity index is 785. The number of halogens is 1. The van der Waals surface area contributed by atoms with E-state index in [-0.39, 0.29) is 5.91 Å². The van der Waals surface area contributed by atoms with Gasteiger partial charge in [-0.1, -0.05) is 22.0 Å². The number of benzene rings is 1. The summed E-state index contributed by atoms with van der Waals surface area (Å²) in [5.74, 6) is 0.328. The summed E-state index contributed by atoms with van der Waals surface area (Å²) >= 11 is 3.37. The third-order valence-corrected chi connectivity index (χ3v) is 4.11. The normalized spacial score (nSPS) is 14.4. The number of amides is 1. The average Bonchev–Trinajstić information content (AvgIpc) is 2.86. The zero-order valence-electron chi connectivity index (χ0n) is 11.8. The van der Waals surface area contributed by atoms with Crippen LogP contribution >= 0.6 is 15.9 Å². The minimum Gasteiger partial charge on any atom is -0.495 e. The van der Waals surface area contributed by atoms with Crippen molar-refractivity contribution < 1.29 is 9.53 Å². The first-order valence-corrected chi connectivity index (χ1v) is 7.43. The Morgan fingerprint density at radius 3 is 3.00 bits per heavy atom. The van der Waals surface area contributed by atoms with Crippen LogP contribution < -0.4 is 4.74 Å². The molecule has 1 aliphatic heterocycles. The molecular formula is C16H12BrN3O2. The summed E-state index contributed by atoms with van der Waals surface area (Å²) in [4.78, 5) is 18.4. The Hall–Kier alpha value is -2.39. The van der Waals surface area contributed by atoms with Crippen molar-refractivity contribution >= 4 is 21.8 Å². The number of aromatic nitrogens is 1. The molecule has 0 saturated carbocycles. The van der Waals surface area contributed by atoms with Gasteiger partial charge >= 0.3 is 0 Å². The van der Waals surface area contributed by atoms with Gasteiger partial charge < -0.3 is 9.64 Å². The molecule has 5 nitrogen and oxygen atoms in total. The largest absolute Gasteiger partial charge is 0.495 e. The molecule has 0 radical (unpaired) electrons. The number of pyridine rings is 1. The molecule has 0 unspecified atom stereocenters. The number of fused-ring (bicyclic) bond motifs is 1. The number of carbonyl (C=O) groups excluding carboxylic acids is 1. The zero-order valence-corrected chi connectivity index (χ0v) is 13.4. The number of hydrogen-bond acceptors (Lipinski definition) is 4. The van der Waals surface area contributed by atoms with E-state index in [2.05, 4.69) is 27.0 Å². The molecule has 1 aromatic carbocycles. The summed E-state index contributed by atoms with van der Waals surface area (Å²) in [7, 11) is 1.52. The third-order valence-electron chi connectivity index (χ3n) is 3.62. The van der Waals surface area contributed by atoms with E-state index >= 15 is 0 Å². The molecule has 0 spiro atoms. The smallest absolute Gasteiger partial charge is 0.255 e. The standard InChI is InChI=1S/C16H12BrN3O2/c1-22-14-3-2-6-19-15(14)13(8-18)20-9-10-4-5-11(17)7-12(10)16(20)21/h2-7,13H,9H2,1H3/t13-/m0/s1. The molecule has 2 heterocycles. The molecule has 2 aromatic rings. The molecule has 1 aromatic heterocycles. The van der Waals surface area contributed by atoms with E-state index in [1.165, 1.54) is 12.0 Å². The fourth-order valence-electron chi connectivity index (χ4n) is 2.56. The van der Waals surface area contributed by atoms with Crippen LogP contribution in [0.3, 0.4) is 0 Å². The van der Waals surface area contributed by atoms with Gasteiger partial charge in [-0.3, -0.25) is 9.78 Å². The molecule has 0 bridgehead atoms. The average molecular weight is 358 g/mol. The highest BCUT2D eigenvalue weighted by atomic mass is 79.9. The van der Waals surface area contributed by atoms with E-state index in [1.54, 1.807) is 24.4 Å². The topological polar surface area (TPSA) is 66.2 Å². The second kappa shape index (κ2) is 5.78. The van der Waals surface area contributed by atoms with Crippen LogP contribution in [-0.2, 0) is 6.54 Å². The van der Waals surface area contributed by atoms with E-state index in [0.29, 0.717) is 23.6 Å². The predicted molar refractivity (Wildman–Crippen MR) is 83.2 cm³/mol. The van der Waals surface area contributed by atoms with Crippen molar-refractivity contribution in [1.29, 1.82) is 5.26 Å². The first kappa shape index (κ1) is 14.5. The number of rotatable bonds is 3. The van der Waals surface area contributed by atoms with Gasteiger partial charge in [0.2, 0.25) is 0 Å². The lowest BCUT2D eigenvalue weighted by Gasteiger charge is -2.22. The number of hydrogen-bond donors (Lipinski definition) is 0. The van der Waals surface area contributed by atoms with E-state index in [4.69, 9.17) is 4.74 Å². The number of nitrogens with zero attached hydrogens (tertiary/aromatic N) is 3. The zero-order chi connectivity index (χ0) is 15.7. The summed E-state index contributed by atoms with van der Waals surface area (Å²) in [6, 6.07) is 10.4. The highest BCUT2D eigenvalue weighted by Crippen LogP contribution is 2.34. The molecule has 1 atom stereocenters. The van der Waals surface area contributed by atoms with Crippen molar-refractivity contribution in [3.8, 4) is 11.8 Å². The fraction of sp³-hybridized carbons (Fsp3) is 0.188. The minimum absolute atomic E-state index is 0.171. The molecule has 0 fully saturated rings. The number of ether oxygens (including phenoxy) is 1. The summed E-state index contributed by atoms with van der Waals surface area (Å²) in [6.07, 6.45) is 1.59. The Morgan fingerprint density at radius 1 is 1.45 bits per heavy atom. The van der Waals surface area contributed by atoms with Crippen LogP contribution in [0.4, 0.5) is 0 Å². The van der Waals surface area contributed by atoms with E-state index in [0.717, 1.165) is 10.0 Å². The van der Waals surface area contributed by atoms with E-state index in [1.807, 2.05) is 12.1 Å². The van der Waals surface area contributed by atoms with Gasteiger partial charge in [-0.05, 0) is 29.8 Å². The fourth-order valence-corrected chi connectivity index (χ4v) is 2.92. The SMILES string of the molecule is COc1cccnc1[C@H](C#N)N1Cc2ccc(Br)cc2C1=O. The van der Waals surface area contributed by atoms with Crippen molar-refractivity contribution in [2.75, 3.05) is 7.11 Å². The minimum atomic E-state index is -0.783. The van der Waals surface area contributed by atoms with Crippen molar-refractivity contribution in [3.63, 3.8) is 0 Å². The van der Waals surface area contributed by atoms with Crippen LogP contribution in [0.25, 0.3) is 0 Å². The van der Waals surface area contributed by atoms with Gasteiger partial charge in [0, 0.05) is 22.8 Å². The Balaban J connectivity index is 2.00. The lowest BCUT2D eigenvalue weighted by molar-refractivity contribution is 0.0736. The number of methoxy groups -OCH3 is 1. The molecule has 1 aliphatic rings. The third kappa shape index (κ3) is 2.34. The van der Waals surface area contributed by atoms with Crippen molar-refractivity contribution in [1.82, 2.24) is 9.88 Å². The highest BCUT2D eigenvalue weighted by molar-refractivity contribution is 9.10. The van der Waals surface area contributed by atoms with Crippen LogP contribution in [0.5, 0.6) is 5.75 Å².